The lowest BCUT2D eigenvalue weighted by Gasteiger charge is -2.33. The monoisotopic (exact) mass is 550 g/mol. The number of thioether (sulfide) groups is 1. The van der Waals surface area contributed by atoms with Crippen molar-refractivity contribution in [1.82, 2.24) is 14.7 Å². The molecule has 1 aromatic heterocycles. The van der Waals surface area contributed by atoms with Gasteiger partial charge in [0.2, 0.25) is 0 Å². The summed E-state index contributed by atoms with van der Waals surface area (Å²) in [5.74, 6) is -0.312. The Morgan fingerprint density at radius 2 is 2.11 bits per heavy atom. The van der Waals surface area contributed by atoms with Gasteiger partial charge in [0.05, 0.1) is 48.0 Å². The topological polar surface area (TPSA) is 69.0 Å². The Hall–Kier alpha value is -2.86. The normalized spacial score (nSPS) is 19.8. The van der Waals surface area contributed by atoms with Gasteiger partial charge in [-0.1, -0.05) is 23.7 Å². The summed E-state index contributed by atoms with van der Waals surface area (Å²) in [5.41, 5.74) is 0.721. The first-order valence-corrected chi connectivity index (χ1v) is 12.6. The van der Waals surface area contributed by atoms with Crippen LogP contribution in [0.3, 0.4) is 0 Å². The van der Waals surface area contributed by atoms with E-state index in [4.69, 9.17) is 21.1 Å². The molecule has 0 radical (unpaired) electrons. The summed E-state index contributed by atoms with van der Waals surface area (Å²) >= 11 is 7.11. The van der Waals surface area contributed by atoms with Crippen molar-refractivity contribution in [3.63, 3.8) is 0 Å². The first kappa shape index (κ1) is 25.8. The predicted octanol–water partition coefficient (Wildman–Crippen LogP) is 5.07. The fraction of sp³-hybridized carbons (Fsp3) is 0.320. The van der Waals surface area contributed by atoms with Crippen LogP contribution in [0.2, 0.25) is 5.02 Å². The molecule has 2 aliphatic heterocycles. The van der Waals surface area contributed by atoms with Crippen molar-refractivity contribution in [3.8, 4) is 0 Å². The Balaban J connectivity index is 1.33. The Morgan fingerprint density at radius 1 is 1.27 bits per heavy atom. The lowest BCUT2D eigenvalue weighted by Crippen LogP contribution is -2.46. The molecule has 1 saturated heterocycles. The summed E-state index contributed by atoms with van der Waals surface area (Å²) < 4.78 is 52.8. The quantitative estimate of drug-likeness (QED) is 0.413. The standard InChI is InChI=1S/C25H22ClF3N4O3S/c1-35-14-19-13-32(6-7-36-19)24-31-23(34)22(37-24)9-15-2-5-21-17(8-15)11-30-33(21)12-16-3-4-18(26)10-20(16)25(27,28)29/h2-5,8-11,19H,6-7,12-14H2,1H3. The summed E-state index contributed by atoms with van der Waals surface area (Å²) in [6, 6.07) is 9.14. The van der Waals surface area contributed by atoms with Crippen LogP contribution in [0.25, 0.3) is 17.0 Å². The number of alkyl halides is 3. The maximum atomic E-state index is 13.5. The van der Waals surface area contributed by atoms with Crippen LogP contribution in [0.15, 0.2) is 52.5 Å². The molecule has 194 valence electrons. The molecule has 2 aliphatic rings. The molecule has 0 N–H and O–H groups in total. The SMILES string of the molecule is COCC1CN(C2=NC(=O)C(=Cc3ccc4c(cnn4Cc4ccc(Cl)cc4C(F)(F)F)c3)S2)CCO1. The van der Waals surface area contributed by atoms with E-state index >= 15 is 0 Å². The van der Waals surface area contributed by atoms with Crippen LogP contribution in [0.1, 0.15) is 16.7 Å². The van der Waals surface area contributed by atoms with Gasteiger partial charge in [-0.2, -0.15) is 23.3 Å². The summed E-state index contributed by atoms with van der Waals surface area (Å²) in [6.45, 7) is 2.16. The van der Waals surface area contributed by atoms with E-state index in [1.807, 2.05) is 11.0 Å². The second kappa shape index (κ2) is 10.5. The van der Waals surface area contributed by atoms with E-state index in [1.165, 1.54) is 28.6 Å². The first-order chi connectivity index (χ1) is 17.7. The van der Waals surface area contributed by atoms with Gasteiger partial charge in [-0.05, 0) is 53.2 Å². The van der Waals surface area contributed by atoms with E-state index in [0.29, 0.717) is 41.9 Å². The van der Waals surface area contributed by atoms with Gasteiger partial charge in [0.15, 0.2) is 5.17 Å². The molecule has 1 amide bonds. The van der Waals surface area contributed by atoms with Gasteiger partial charge in [0.25, 0.3) is 5.91 Å². The molecule has 5 rings (SSSR count). The highest BCUT2D eigenvalue weighted by Crippen LogP contribution is 2.35. The van der Waals surface area contributed by atoms with Crippen LogP contribution in [-0.2, 0) is 27.0 Å². The largest absolute Gasteiger partial charge is 0.416 e. The number of amidine groups is 1. The molecule has 3 heterocycles. The Morgan fingerprint density at radius 3 is 2.89 bits per heavy atom. The van der Waals surface area contributed by atoms with Crippen LogP contribution < -0.4 is 0 Å². The summed E-state index contributed by atoms with van der Waals surface area (Å²) in [4.78, 5) is 19.3. The van der Waals surface area contributed by atoms with Crippen molar-refractivity contribution in [3.05, 3.63) is 69.2 Å². The molecule has 12 heteroatoms. The Labute approximate surface area is 219 Å². The second-order valence-electron chi connectivity index (χ2n) is 8.62. The van der Waals surface area contributed by atoms with Gasteiger partial charge >= 0.3 is 6.18 Å². The summed E-state index contributed by atoms with van der Waals surface area (Å²) in [6.07, 6.45) is -1.26. The molecule has 0 saturated carbocycles. The van der Waals surface area contributed by atoms with E-state index in [9.17, 15) is 18.0 Å². The van der Waals surface area contributed by atoms with Crippen molar-refractivity contribution in [1.29, 1.82) is 0 Å². The number of rotatable bonds is 5. The van der Waals surface area contributed by atoms with Crippen LogP contribution in [0, 0.1) is 0 Å². The summed E-state index contributed by atoms with van der Waals surface area (Å²) in [7, 11) is 1.62. The zero-order chi connectivity index (χ0) is 26.2. The minimum atomic E-state index is -4.53. The number of benzene rings is 2. The van der Waals surface area contributed by atoms with Crippen LogP contribution in [-0.4, -0.2) is 65.3 Å². The number of hydrogen-bond acceptors (Lipinski definition) is 6. The van der Waals surface area contributed by atoms with Crippen molar-refractivity contribution < 1.29 is 27.4 Å². The third kappa shape index (κ3) is 5.69. The highest BCUT2D eigenvalue weighted by Gasteiger charge is 2.34. The van der Waals surface area contributed by atoms with Crippen LogP contribution >= 0.6 is 23.4 Å². The van der Waals surface area contributed by atoms with Gasteiger partial charge in [-0.3, -0.25) is 9.48 Å². The summed E-state index contributed by atoms with van der Waals surface area (Å²) in [5, 5.41) is 5.69. The van der Waals surface area contributed by atoms with E-state index in [1.54, 1.807) is 31.5 Å². The number of carbonyl (C=O) groups is 1. The molecule has 1 fully saturated rings. The highest BCUT2D eigenvalue weighted by molar-refractivity contribution is 8.18. The minimum absolute atomic E-state index is 0.0222. The van der Waals surface area contributed by atoms with Crippen molar-refractivity contribution in [2.45, 2.75) is 18.8 Å². The minimum Gasteiger partial charge on any atom is -0.382 e. The molecule has 0 aliphatic carbocycles. The highest BCUT2D eigenvalue weighted by atomic mass is 35.5. The van der Waals surface area contributed by atoms with E-state index < -0.39 is 11.7 Å². The number of fused-ring (bicyclic) bond motifs is 1. The molecule has 3 aromatic rings. The van der Waals surface area contributed by atoms with Gasteiger partial charge in [0, 0.05) is 30.6 Å². The van der Waals surface area contributed by atoms with Gasteiger partial charge in [0.1, 0.15) is 0 Å². The molecule has 0 bridgehead atoms. The number of methoxy groups -OCH3 is 1. The molecular formula is C25H22ClF3N4O3S. The predicted molar refractivity (Wildman–Crippen MR) is 136 cm³/mol. The maximum absolute atomic E-state index is 13.5. The lowest BCUT2D eigenvalue weighted by molar-refractivity contribution is -0.138. The van der Waals surface area contributed by atoms with E-state index in [2.05, 4.69) is 10.1 Å². The average molecular weight is 551 g/mol. The van der Waals surface area contributed by atoms with Crippen molar-refractivity contribution >= 4 is 51.4 Å². The fourth-order valence-corrected chi connectivity index (χ4v) is 5.42. The lowest BCUT2D eigenvalue weighted by atomic mass is 10.1. The van der Waals surface area contributed by atoms with Crippen LogP contribution in [0.4, 0.5) is 13.2 Å². The number of halogens is 4. The first-order valence-electron chi connectivity index (χ1n) is 11.4. The zero-order valence-electron chi connectivity index (χ0n) is 19.7. The van der Waals surface area contributed by atoms with Gasteiger partial charge in [-0.15, -0.1) is 0 Å². The van der Waals surface area contributed by atoms with Crippen molar-refractivity contribution in [2.24, 2.45) is 4.99 Å². The van der Waals surface area contributed by atoms with Gasteiger partial charge < -0.3 is 14.4 Å². The third-order valence-electron chi connectivity index (χ3n) is 6.03. The van der Waals surface area contributed by atoms with Crippen LogP contribution in [0.5, 0.6) is 0 Å². The molecule has 1 atom stereocenters. The Kier molecular flexibility index (Phi) is 7.30. The van der Waals surface area contributed by atoms with E-state index in [-0.39, 0.29) is 29.1 Å². The zero-order valence-corrected chi connectivity index (χ0v) is 21.2. The average Bonchev–Trinajstić information content (AvgIpc) is 3.43. The number of ether oxygens (including phenoxy) is 2. The molecular weight excluding hydrogens is 529 g/mol. The number of carbonyl (C=O) groups excluding carboxylic acids is 1. The smallest absolute Gasteiger partial charge is 0.382 e. The molecule has 1 unspecified atom stereocenters. The number of aromatic nitrogens is 2. The van der Waals surface area contributed by atoms with E-state index in [0.717, 1.165) is 17.0 Å². The number of aliphatic imine (C=N–C) groups is 1. The second-order valence-corrected chi connectivity index (χ2v) is 10.1. The molecule has 7 nitrogen and oxygen atoms in total. The van der Waals surface area contributed by atoms with Crippen molar-refractivity contribution in [2.75, 3.05) is 33.4 Å². The molecule has 2 aromatic carbocycles. The maximum Gasteiger partial charge on any atom is 0.416 e. The number of amides is 1. The molecule has 0 spiro atoms. The fourth-order valence-electron chi connectivity index (χ4n) is 4.30. The third-order valence-corrected chi connectivity index (χ3v) is 7.31. The number of hydrogen-bond donors (Lipinski definition) is 0. The van der Waals surface area contributed by atoms with Gasteiger partial charge in [-0.25, -0.2) is 0 Å². The molecule has 37 heavy (non-hydrogen) atoms. The number of morpholine rings is 1. The number of nitrogens with zero attached hydrogens (tertiary/aromatic N) is 4. The Bertz CT molecular complexity index is 1400.